The van der Waals surface area contributed by atoms with Gasteiger partial charge < -0.3 is 14.7 Å². The quantitative estimate of drug-likeness (QED) is 0.768. The third-order valence-corrected chi connectivity index (χ3v) is 4.46. The first-order valence-electron chi connectivity index (χ1n) is 7.82. The average Bonchev–Trinajstić information content (AvgIpc) is 2.45. The predicted molar refractivity (Wildman–Crippen MR) is 78.3 cm³/mol. The van der Waals surface area contributed by atoms with Gasteiger partial charge in [0.2, 0.25) is 11.8 Å². The largest absolute Gasteiger partial charge is 0.339 e. The molecule has 2 saturated heterocycles. The number of piperazine rings is 1. The van der Waals surface area contributed by atoms with E-state index in [-0.39, 0.29) is 11.8 Å². The zero-order valence-electron chi connectivity index (χ0n) is 12.8. The second-order valence-corrected chi connectivity index (χ2v) is 6.18. The van der Waals surface area contributed by atoms with E-state index in [1.807, 2.05) is 9.80 Å². The van der Waals surface area contributed by atoms with Crippen LogP contribution in [-0.2, 0) is 9.59 Å². The summed E-state index contributed by atoms with van der Waals surface area (Å²) >= 11 is 0. The highest BCUT2D eigenvalue weighted by Gasteiger charge is 2.23. The number of rotatable bonds is 3. The summed E-state index contributed by atoms with van der Waals surface area (Å²) in [5.74, 6) is 1.11. The van der Waals surface area contributed by atoms with Crippen molar-refractivity contribution in [2.24, 2.45) is 5.92 Å². The van der Waals surface area contributed by atoms with Gasteiger partial charge in [-0.3, -0.25) is 9.59 Å². The van der Waals surface area contributed by atoms with Gasteiger partial charge in [0.1, 0.15) is 0 Å². The maximum absolute atomic E-state index is 12.2. The zero-order valence-corrected chi connectivity index (χ0v) is 12.8. The molecule has 0 aliphatic carbocycles. The van der Waals surface area contributed by atoms with Crippen LogP contribution in [0.25, 0.3) is 0 Å². The molecule has 0 aromatic heterocycles. The van der Waals surface area contributed by atoms with Crippen LogP contribution in [0.15, 0.2) is 0 Å². The molecular formula is C15H27N3O2. The summed E-state index contributed by atoms with van der Waals surface area (Å²) in [6, 6.07) is 0. The Morgan fingerprint density at radius 1 is 1.05 bits per heavy atom. The molecule has 2 aliphatic rings. The third kappa shape index (κ3) is 4.20. The van der Waals surface area contributed by atoms with Gasteiger partial charge in [-0.05, 0) is 25.3 Å². The number of carbonyl (C=O) groups excluding carboxylic acids is 2. The molecule has 0 aromatic rings. The van der Waals surface area contributed by atoms with Crippen LogP contribution in [0.2, 0.25) is 0 Å². The summed E-state index contributed by atoms with van der Waals surface area (Å²) in [5, 5.41) is 0. The molecule has 2 heterocycles. The van der Waals surface area contributed by atoms with Crippen molar-refractivity contribution in [3.05, 3.63) is 0 Å². The van der Waals surface area contributed by atoms with Crippen molar-refractivity contribution < 1.29 is 9.59 Å². The number of hydrogen-bond acceptors (Lipinski definition) is 3. The second-order valence-electron chi connectivity index (χ2n) is 6.18. The fourth-order valence-corrected chi connectivity index (χ4v) is 3.17. The minimum Gasteiger partial charge on any atom is -0.339 e. The van der Waals surface area contributed by atoms with Crippen LogP contribution in [0.5, 0.6) is 0 Å². The van der Waals surface area contributed by atoms with Gasteiger partial charge in [0.05, 0.1) is 0 Å². The van der Waals surface area contributed by atoms with Gasteiger partial charge in [0.15, 0.2) is 0 Å². The number of likely N-dealkylation sites (tertiary alicyclic amines) is 1. The fourth-order valence-electron chi connectivity index (χ4n) is 3.17. The molecule has 0 unspecified atom stereocenters. The van der Waals surface area contributed by atoms with E-state index in [1.54, 1.807) is 6.92 Å². The zero-order chi connectivity index (χ0) is 14.5. The molecule has 2 aliphatic heterocycles. The van der Waals surface area contributed by atoms with E-state index in [1.165, 1.54) is 12.8 Å². The van der Waals surface area contributed by atoms with Crippen LogP contribution in [0.1, 0.15) is 33.1 Å². The Morgan fingerprint density at radius 2 is 1.70 bits per heavy atom. The lowest BCUT2D eigenvalue weighted by molar-refractivity contribution is -0.138. The molecule has 5 nitrogen and oxygen atoms in total. The SMILES string of the molecule is CC(=O)N1CCN(C(=O)CCN2CCC[C@H](C)C2)CC1. The van der Waals surface area contributed by atoms with E-state index in [0.29, 0.717) is 32.6 Å². The minimum absolute atomic E-state index is 0.111. The van der Waals surface area contributed by atoms with Gasteiger partial charge in [-0.1, -0.05) is 6.92 Å². The molecule has 0 spiro atoms. The van der Waals surface area contributed by atoms with E-state index >= 15 is 0 Å². The molecule has 0 N–H and O–H groups in total. The Labute approximate surface area is 121 Å². The van der Waals surface area contributed by atoms with Crippen LogP contribution in [-0.4, -0.2) is 72.3 Å². The van der Waals surface area contributed by atoms with E-state index in [0.717, 1.165) is 25.6 Å². The normalized spacial score (nSPS) is 24.8. The predicted octanol–water partition coefficient (Wildman–Crippen LogP) is 0.799. The lowest BCUT2D eigenvalue weighted by Crippen LogP contribution is -2.50. The Balaban J connectivity index is 1.69. The Kier molecular flexibility index (Phi) is 5.40. The van der Waals surface area contributed by atoms with Crippen LogP contribution < -0.4 is 0 Å². The lowest BCUT2D eigenvalue weighted by atomic mass is 10.0. The van der Waals surface area contributed by atoms with E-state index in [9.17, 15) is 9.59 Å². The summed E-state index contributed by atoms with van der Waals surface area (Å²) in [4.78, 5) is 29.6. The molecule has 2 fully saturated rings. The molecule has 0 saturated carbocycles. The van der Waals surface area contributed by atoms with Gasteiger partial charge in [-0.25, -0.2) is 0 Å². The molecule has 0 bridgehead atoms. The van der Waals surface area contributed by atoms with Crippen molar-refractivity contribution in [2.45, 2.75) is 33.1 Å². The maximum Gasteiger partial charge on any atom is 0.223 e. The number of carbonyl (C=O) groups is 2. The molecule has 2 rings (SSSR count). The summed E-state index contributed by atoms with van der Waals surface area (Å²) in [6.07, 6.45) is 3.19. The standard InChI is InChI=1S/C15H27N3O2/c1-13-4-3-6-16(12-13)7-5-15(20)18-10-8-17(9-11-18)14(2)19/h13H,3-12H2,1-2H3/t13-/m0/s1. The van der Waals surface area contributed by atoms with E-state index in [4.69, 9.17) is 0 Å². The van der Waals surface area contributed by atoms with Crippen molar-refractivity contribution >= 4 is 11.8 Å². The van der Waals surface area contributed by atoms with E-state index in [2.05, 4.69) is 11.8 Å². The molecule has 0 radical (unpaired) electrons. The van der Waals surface area contributed by atoms with Crippen molar-refractivity contribution in [2.75, 3.05) is 45.8 Å². The van der Waals surface area contributed by atoms with Crippen molar-refractivity contribution in [1.82, 2.24) is 14.7 Å². The molecule has 20 heavy (non-hydrogen) atoms. The summed E-state index contributed by atoms with van der Waals surface area (Å²) in [7, 11) is 0. The van der Waals surface area contributed by atoms with Gasteiger partial charge in [0.25, 0.3) is 0 Å². The smallest absolute Gasteiger partial charge is 0.223 e. The van der Waals surface area contributed by atoms with Crippen LogP contribution in [0.3, 0.4) is 0 Å². The first-order chi connectivity index (χ1) is 9.56. The number of amides is 2. The lowest BCUT2D eigenvalue weighted by Gasteiger charge is -2.35. The monoisotopic (exact) mass is 281 g/mol. The van der Waals surface area contributed by atoms with Crippen molar-refractivity contribution in [1.29, 1.82) is 0 Å². The van der Waals surface area contributed by atoms with Crippen molar-refractivity contribution in [3.63, 3.8) is 0 Å². The number of piperidine rings is 1. The van der Waals surface area contributed by atoms with Crippen LogP contribution in [0, 0.1) is 5.92 Å². The summed E-state index contributed by atoms with van der Waals surface area (Å²) in [5.41, 5.74) is 0. The van der Waals surface area contributed by atoms with Gasteiger partial charge in [-0.15, -0.1) is 0 Å². The van der Waals surface area contributed by atoms with E-state index < -0.39 is 0 Å². The third-order valence-electron chi connectivity index (χ3n) is 4.46. The molecule has 0 aromatic carbocycles. The second kappa shape index (κ2) is 7.07. The molecule has 114 valence electrons. The highest BCUT2D eigenvalue weighted by Crippen LogP contribution is 2.15. The van der Waals surface area contributed by atoms with Crippen LogP contribution in [0.4, 0.5) is 0 Å². The molecular weight excluding hydrogens is 254 g/mol. The first-order valence-corrected chi connectivity index (χ1v) is 7.82. The summed E-state index contributed by atoms with van der Waals surface area (Å²) in [6.45, 7) is 9.77. The number of hydrogen-bond donors (Lipinski definition) is 0. The topological polar surface area (TPSA) is 43.9 Å². The van der Waals surface area contributed by atoms with Gasteiger partial charge in [0, 0.05) is 52.6 Å². The number of nitrogens with zero attached hydrogens (tertiary/aromatic N) is 3. The first kappa shape index (κ1) is 15.3. The average molecular weight is 281 g/mol. The van der Waals surface area contributed by atoms with Gasteiger partial charge in [-0.2, -0.15) is 0 Å². The minimum atomic E-state index is 0.111. The highest BCUT2D eigenvalue weighted by molar-refractivity contribution is 5.77. The highest BCUT2D eigenvalue weighted by atomic mass is 16.2. The van der Waals surface area contributed by atoms with Gasteiger partial charge >= 0.3 is 0 Å². The summed E-state index contributed by atoms with van der Waals surface area (Å²) < 4.78 is 0. The maximum atomic E-state index is 12.2. The molecule has 5 heteroatoms. The Morgan fingerprint density at radius 3 is 2.30 bits per heavy atom. The van der Waals surface area contributed by atoms with Crippen LogP contribution >= 0.6 is 0 Å². The van der Waals surface area contributed by atoms with Crippen molar-refractivity contribution in [3.8, 4) is 0 Å². The Bertz CT molecular complexity index is 351. The molecule has 2 amide bonds. The molecule has 1 atom stereocenters. The fraction of sp³-hybridized carbons (Fsp3) is 0.867. The Hall–Kier alpha value is -1.10.